The molecule has 3 rings (SSSR count). The molecule has 16 heteroatoms. The molecule has 0 heterocycles. The summed E-state index contributed by atoms with van der Waals surface area (Å²) in [6.07, 6.45) is 2.56. The van der Waals surface area contributed by atoms with Crippen molar-refractivity contribution in [1.29, 1.82) is 0 Å². The first-order valence-corrected chi connectivity index (χ1v) is 17.4. The summed E-state index contributed by atoms with van der Waals surface area (Å²) in [5, 5.41) is 8.84. The molecule has 3 aromatic carbocycles. The first-order valence-electron chi connectivity index (χ1n) is 12.0. The number of hydrogen-bond acceptors (Lipinski definition) is 13. The second-order valence-corrected chi connectivity index (χ2v) is 13.4. The molecule has 0 unspecified atom stereocenters. The van der Waals surface area contributed by atoms with Crippen LogP contribution in [-0.4, -0.2) is 76.6 Å². The summed E-state index contributed by atoms with van der Waals surface area (Å²) >= 11 is 0. The lowest BCUT2D eigenvalue weighted by Crippen LogP contribution is -2.10. The third kappa shape index (κ3) is 9.41. The van der Waals surface area contributed by atoms with E-state index in [9.17, 15) is 25.3 Å². The van der Waals surface area contributed by atoms with Crippen LogP contribution in [0.2, 0.25) is 0 Å². The molecule has 1 N–H and O–H groups in total. The Balaban J connectivity index is 2.30. The molecular formula is C27H28O13S3. The summed E-state index contributed by atoms with van der Waals surface area (Å²) < 4.78 is 104. The van der Waals surface area contributed by atoms with E-state index in [1.165, 1.54) is 62.8 Å². The maximum Gasteiger partial charge on any atom is 0.306 e. The number of benzene rings is 3. The van der Waals surface area contributed by atoms with Crippen LogP contribution >= 0.6 is 0 Å². The van der Waals surface area contributed by atoms with Crippen LogP contribution in [0.5, 0.6) is 34.5 Å². The van der Waals surface area contributed by atoms with Crippen LogP contribution in [0.1, 0.15) is 0 Å². The lowest BCUT2D eigenvalue weighted by molar-refractivity contribution is 0.344. The minimum Gasteiger partial charge on any atom is -0.496 e. The van der Waals surface area contributed by atoms with Crippen molar-refractivity contribution in [1.82, 2.24) is 0 Å². The molecule has 232 valence electrons. The van der Waals surface area contributed by atoms with Gasteiger partial charge in [0.15, 0.2) is 23.0 Å². The van der Waals surface area contributed by atoms with E-state index in [2.05, 4.69) is 11.8 Å². The Bertz CT molecular complexity index is 1870. The van der Waals surface area contributed by atoms with Crippen molar-refractivity contribution in [2.45, 2.75) is 0 Å². The molecule has 0 spiro atoms. The van der Waals surface area contributed by atoms with Crippen molar-refractivity contribution in [2.75, 3.05) is 46.2 Å². The van der Waals surface area contributed by atoms with Gasteiger partial charge >= 0.3 is 30.4 Å². The SMILES string of the molecule is COc1cc(-c2ccc(OS(C)(=O)=O)cc2)c(OC)c(OS(C)(=O)=O)c1-c1ccc(OCC#CCO)c(OS(C)(=O)=O)c1. The van der Waals surface area contributed by atoms with Crippen LogP contribution in [-0.2, 0) is 30.4 Å². The Labute approximate surface area is 250 Å². The second kappa shape index (κ2) is 13.4. The van der Waals surface area contributed by atoms with Gasteiger partial charge in [0.1, 0.15) is 24.7 Å². The smallest absolute Gasteiger partial charge is 0.306 e. The molecule has 0 bridgehead atoms. The average Bonchev–Trinajstić information content (AvgIpc) is 2.89. The van der Waals surface area contributed by atoms with Gasteiger partial charge in [0.2, 0.25) is 0 Å². The summed E-state index contributed by atoms with van der Waals surface area (Å²) in [5.41, 5.74) is 1.03. The predicted octanol–water partition coefficient (Wildman–Crippen LogP) is 2.43. The molecule has 0 fully saturated rings. The van der Waals surface area contributed by atoms with Crippen LogP contribution in [0.25, 0.3) is 22.3 Å². The average molecular weight is 657 g/mol. The van der Waals surface area contributed by atoms with E-state index in [1.807, 2.05) is 0 Å². The molecule has 13 nitrogen and oxygen atoms in total. The van der Waals surface area contributed by atoms with Gasteiger partial charge in [0.25, 0.3) is 0 Å². The fraction of sp³-hybridized carbons (Fsp3) is 0.259. The number of aliphatic hydroxyl groups excluding tert-OH is 1. The van der Waals surface area contributed by atoms with Gasteiger partial charge in [-0.25, -0.2) is 0 Å². The third-order valence-corrected chi connectivity index (χ3v) is 6.70. The molecule has 0 aliphatic carbocycles. The maximum atomic E-state index is 12.4. The summed E-state index contributed by atoms with van der Waals surface area (Å²) in [5.74, 6) is 4.49. The highest BCUT2D eigenvalue weighted by atomic mass is 32.2. The number of hydrogen-bond donors (Lipinski definition) is 1. The van der Waals surface area contributed by atoms with Gasteiger partial charge in [-0.2, -0.15) is 25.3 Å². The highest BCUT2D eigenvalue weighted by Crippen LogP contribution is 2.51. The topological polar surface area (TPSA) is 178 Å². The lowest BCUT2D eigenvalue weighted by Gasteiger charge is -2.21. The highest BCUT2D eigenvalue weighted by Gasteiger charge is 2.27. The number of methoxy groups -OCH3 is 2. The zero-order valence-electron chi connectivity index (χ0n) is 23.6. The van der Waals surface area contributed by atoms with Crippen molar-refractivity contribution in [3.05, 3.63) is 48.5 Å². The zero-order valence-corrected chi connectivity index (χ0v) is 26.1. The number of ether oxygens (including phenoxy) is 3. The Hall–Kier alpha value is -4.17. The Morgan fingerprint density at radius 2 is 1.26 bits per heavy atom. The monoisotopic (exact) mass is 656 g/mol. The molecule has 3 aromatic rings. The molecule has 0 amide bonds. The van der Waals surface area contributed by atoms with Crippen LogP contribution in [0.4, 0.5) is 0 Å². The quantitative estimate of drug-likeness (QED) is 0.222. The largest absolute Gasteiger partial charge is 0.496 e. The lowest BCUT2D eigenvalue weighted by atomic mass is 9.96. The molecule has 0 saturated heterocycles. The van der Waals surface area contributed by atoms with Crippen molar-refractivity contribution < 1.29 is 57.1 Å². The molecule has 0 aliphatic rings. The summed E-state index contributed by atoms with van der Waals surface area (Å²) in [6, 6.07) is 11.5. The van der Waals surface area contributed by atoms with Gasteiger partial charge in [-0.3, -0.25) is 0 Å². The van der Waals surface area contributed by atoms with Gasteiger partial charge in [-0.15, -0.1) is 0 Å². The fourth-order valence-electron chi connectivity index (χ4n) is 3.80. The molecule has 0 radical (unpaired) electrons. The van der Waals surface area contributed by atoms with Crippen LogP contribution in [0.15, 0.2) is 48.5 Å². The Kier molecular flexibility index (Phi) is 10.4. The highest BCUT2D eigenvalue weighted by molar-refractivity contribution is 7.86. The summed E-state index contributed by atoms with van der Waals surface area (Å²) in [7, 11) is -9.37. The third-order valence-electron chi connectivity index (χ3n) is 5.25. The fourth-order valence-corrected chi connectivity index (χ4v) is 5.17. The van der Waals surface area contributed by atoms with Crippen molar-refractivity contribution in [3.8, 4) is 68.6 Å². The Morgan fingerprint density at radius 1 is 0.651 bits per heavy atom. The van der Waals surface area contributed by atoms with Crippen LogP contribution in [0, 0.1) is 11.8 Å². The standard InChI is InChI=1S/C27H28O13S3/c1-35-24-17-21(18-8-11-20(12-9-18)38-41(3,29)30)26(36-2)27(40-43(5,33)34)25(24)19-10-13-22(37-15-7-6-14-28)23(16-19)39-42(4,31)32/h8-13,16-17,28H,14-15H2,1-5H3. The van der Waals surface area contributed by atoms with E-state index in [-0.39, 0.29) is 52.2 Å². The van der Waals surface area contributed by atoms with Gasteiger partial charge in [-0.1, -0.05) is 30.0 Å². The van der Waals surface area contributed by atoms with E-state index in [4.69, 9.17) is 31.9 Å². The predicted molar refractivity (Wildman–Crippen MR) is 157 cm³/mol. The zero-order chi connectivity index (χ0) is 32.0. The van der Waals surface area contributed by atoms with E-state index < -0.39 is 37.0 Å². The normalized spacial score (nSPS) is 11.6. The van der Waals surface area contributed by atoms with Crippen molar-refractivity contribution in [2.24, 2.45) is 0 Å². The van der Waals surface area contributed by atoms with Gasteiger partial charge in [0.05, 0.1) is 38.6 Å². The van der Waals surface area contributed by atoms with Gasteiger partial charge in [-0.05, 0) is 41.5 Å². The molecule has 0 saturated carbocycles. The van der Waals surface area contributed by atoms with E-state index in [1.54, 1.807) is 0 Å². The minimum atomic E-state index is -4.17. The molecule has 0 aliphatic heterocycles. The second-order valence-electron chi connectivity index (χ2n) is 8.71. The van der Waals surface area contributed by atoms with Gasteiger partial charge in [0, 0.05) is 5.56 Å². The number of aliphatic hydroxyl groups is 1. The van der Waals surface area contributed by atoms with Gasteiger partial charge < -0.3 is 31.9 Å². The van der Waals surface area contributed by atoms with E-state index in [0.29, 0.717) is 11.1 Å². The minimum absolute atomic E-state index is 0.00838. The molecule has 0 atom stereocenters. The summed E-state index contributed by atoms with van der Waals surface area (Å²) in [4.78, 5) is 0. The van der Waals surface area contributed by atoms with Crippen molar-refractivity contribution in [3.63, 3.8) is 0 Å². The first kappa shape index (κ1) is 33.3. The first-order chi connectivity index (χ1) is 20.0. The van der Waals surface area contributed by atoms with E-state index in [0.717, 1.165) is 18.8 Å². The molecule has 0 aromatic heterocycles. The van der Waals surface area contributed by atoms with E-state index >= 15 is 0 Å². The van der Waals surface area contributed by atoms with Crippen LogP contribution < -0.4 is 26.8 Å². The summed E-state index contributed by atoms with van der Waals surface area (Å²) in [6.45, 7) is -0.587. The molecular weight excluding hydrogens is 628 g/mol. The maximum absolute atomic E-state index is 12.4. The van der Waals surface area contributed by atoms with Crippen molar-refractivity contribution >= 4 is 30.4 Å². The van der Waals surface area contributed by atoms with Crippen LogP contribution in [0.3, 0.4) is 0 Å². The Morgan fingerprint density at radius 3 is 1.79 bits per heavy atom. The molecule has 43 heavy (non-hydrogen) atoms. The number of rotatable bonds is 12.